The largest absolute Gasteiger partial charge is 0.454 e. The van der Waals surface area contributed by atoms with E-state index < -0.39 is 16.0 Å². The van der Waals surface area contributed by atoms with Crippen molar-refractivity contribution < 1.29 is 22.7 Å². The average Bonchev–Trinajstić information content (AvgIpc) is 2.76. The van der Waals surface area contributed by atoms with Crippen LogP contribution >= 0.6 is 11.6 Å². The summed E-state index contributed by atoms with van der Waals surface area (Å²) >= 11 is 6.23. The number of halogens is 1. The van der Waals surface area contributed by atoms with Gasteiger partial charge in [-0.3, -0.25) is 4.79 Å². The number of hydrogen-bond donors (Lipinski definition) is 0. The zero-order valence-corrected chi connectivity index (χ0v) is 20.7. The van der Waals surface area contributed by atoms with Crippen molar-refractivity contribution >= 4 is 33.4 Å². The second-order valence-electron chi connectivity index (χ2n) is 11.0. The zero-order chi connectivity index (χ0) is 23.4. The second-order valence-corrected chi connectivity index (χ2v) is 13.3. The molecule has 180 valence electrons. The lowest BCUT2D eigenvalue weighted by Crippen LogP contribution is -2.51. The first-order valence-electron chi connectivity index (χ1n) is 12.2. The van der Waals surface area contributed by atoms with Gasteiger partial charge in [0.1, 0.15) is 4.90 Å². The molecule has 0 aromatic heterocycles. The van der Waals surface area contributed by atoms with Gasteiger partial charge in [0.2, 0.25) is 10.0 Å². The van der Waals surface area contributed by atoms with Crippen LogP contribution in [0.15, 0.2) is 23.1 Å². The molecule has 33 heavy (non-hydrogen) atoms. The molecule has 5 fully saturated rings. The van der Waals surface area contributed by atoms with Crippen LogP contribution in [-0.2, 0) is 19.6 Å². The average molecular weight is 494 g/mol. The molecule has 4 aliphatic carbocycles. The van der Waals surface area contributed by atoms with Crippen LogP contribution in [0.3, 0.4) is 0 Å². The minimum Gasteiger partial charge on any atom is -0.454 e. The van der Waals surface area contributed by atoms with Crippen molar-refractivity contribution in [3.8, 4) is 0 Å². The van der Waals surface area contributed by atoms with Crippen LogP contribution < -0.4 is 0 Å². The fraction of sp³-hybridized carbons (Fsp3) is 0.680. The van der Waals surface area contributed by atoms with E-state index in [1.165, 1.54) is 41.8 Å². The van der Waals surface area contributed by atoms with Gasteiger partial charge in [0.15, 0.2) is 12.4 Å². The molecule has 0 radical (unpaired) electrons. The summed E-state index contributed by atoms with van der Waals surface area (Å²) in [4.78, 5) is 25.8. The number of carbonyl (C=O) groups excluding carboxylic acids is 2. The van der Waals surface area contributed by atoms with Crippen LogP contribution in [0.5, 0.6) is 0 Å². The summed E-state index contributed by atoms with van der Waals surface area (Å²) in [5, 5.41) is 0.0782. The maximum atomic E-state index is 13.2. The molecular weight excluding hydrogens is 462 g/mol. The minimum absolute atomic E-state index is 0.0269. The number of esters is 1. The van der Waals surface area contributed by atoms with E-state index in [-0.39, 0.29) is 39.2 Å². The number of hydrogen-bond acceptors (Lipinski definition) is 5. The van der Waals surface area contributed by atoms with Crippen LogP contribution in [0.1, 0.15) is 68.6 Å². The summed E-state index contributed by atoms with van der Waals surface area (Å²) in [6.45, 7) is 2.65. The van der Waals surface area contributed by atoms with Gasteiger partial charge in [0.05, 0.1) is 10.6 Å². The van der Waals surface area contributed by atoms with Gasteiger partial charge in [0.25, 0.3) is 0 Å². The summed E-state index contributed by atoms with van der Waals surface area (Å²) in [5.74, 6) is 1.52. The van der Waals surface area contributed by atoms with Crippen LogP contribution in [0.25, 0.3) is 0 Å². The van der Waals surface area contributed by atoms with Crippen LogP contribution in [-0.4, -0.2) is 44.2 Å². The highest BCUT2D eigenvalue weighted by Crippen LogP contribution is 2.60. The predicted molar refractivity (Wildman–Crippen MR) is 125 cm³/mol. The summed E-state index contributed by atoms with van der Waals surface area (Å²) in [6.07, 6.45) is 8.28. The molecule has 1 aromatic rings. The third kappa shape index (κ3) is 4.37. The van der Waals surface area contributed by atoms with Crippen molar-refractivity contribution in [2.75, 3.05) is 19.7 Å². The van der Waals surface area contributed by atoms with Crippen molar-refractivity contribution in [3.05, 3.63) is 28.8 Å². The zero-order valence-electron chi connectivity index (χ0n) is 19.1. The fourth-order valence-corrected chi connectivity index (χ4v) is 9.25. The van der Waals surface area contributed by atoms with Gasteiger partial charge >= 0.3 is 5.97 Å². The maximum Gasteiger partial charge on any atom is 0.338 e. The van der Waals surface area contributed by atoms with E-state index in [0.29, 0.717) is 30.8 Å². The number of Topliss-reactive ketones (excluding diaryl/α,β-unsaturated/α-hetero) is 1. The van der Waals surface area contributed by atoms with Crippen LogP contribution in [0.2, 0.25) is 5.02 Å². The quantitative estimate of drug-likeness (QED) is 0.536. The highest BCUT2D eigenvalue weighted by molar-refractivity contribution is 7.89. The first-order valence-corrected chi connectivity index (χ1v) is 14.0. The number of benzene rings is 1. The number of sulfonamides is 1. The van der Waals surface area contributed by atoms with Crippen LogP contribution in [0.4, 0.5) is 0 Å². The highest BCUT2D eigenvalue weighted by atomic mass is 35.5. The third-order valence-electron chi connectivity index (χ3n) is 8.37. The van der Waals surface area contributed by atoms with E-state index in [1.54, 1.807) is 0 Å². The van der Waals surface area contributed by atoms with Gasteiger partial charge in [-0.25, -0.2) is 13.2 Å². The summed E-state index contributed by atoms with van der Waals surface area (Å²) in [6, 6.07) is 4.16. The Bertz CT molecular complexity index is 1030. The van der Waals surface area contributed by atoms with E-state index in [1.807, 2.05) is 6.92 Å². The Balaban J connectivity index is 1.28. The molecule has 1 aromatic carbocycles. The first kappa shape index (κ1) is 23.3. The lowest BCUT2D eigenvalue weighted by atomic mass is 9.48. The Morgan fingerprint density at radius 2 is 1.76 bits per heavy atom. The van der Waals surface area contributed by atoms with Crippen molar-refractivity contribution in [1.29, 1.82) is 0 Å². The molecule has 1 saturated heterocycles. The van der Waals surface area contributed by atoms with Crippen molar-refractivity contribution in [2.45, 2.75) is 63.2 Å². The smallest absolute Gasteiger partial charge is 0.338 e. The molecule has 1 aliphatic heterocycles. The normalized spacial score (nSPS) is 33.8. The van der Waals surface area contributed by atoms with Gasteiger partial charge in [-0.1, -0.05) is 18.5 Å². The molecule has 0 N–H and O–H groups in total. The van der Waals surface area contributed by atoms with Crippen LogP contribution in [0, 0.1) is 29.1 Å². The van der Waals surface area contributed by atoms with Gasteiger partial charge in [-0.05, 0) is 93.2 Å². The standard InChI is InChI=1S/C25H32ClNO5S/c1-16-3-2-6-27(14-16)33(30,31)22-10-20(4-5-21(22)26)24(29)32-15-23(28)25-11-17-7-18(12-25)9-19(8-17)13-25/h4-5,10,16-19H,2-3,6-9,11-15H2,1H3. The number of ketones is 1. The molecule has 1 heterocycles. The molecular formula is C25H32ClNO5S. The molecule has 5 aliphatic rings. The van der Waals surface area contributed by atoms with E-state index in [9.17, 15) is 18.0 Å². The predicted octanol–water partition coefficient (Wildman–Crippen LogP) is 4.70. The molecule has 1 unspecified atom stereocenters. The van der Waals surface area contributed by atoms with Gasteiger partial charge in [-0.2, -0.15) is 4.31 Å². The molecule has 6 rings (SSSR count). The molecule has 8 heteroatoms. The number of nitrogens with zero attached hydrogens (tertiary/aromatic N) is 1. The Kier molecular flexibility index (Phi) is 6.11. The highest BCUT2D eigenvalue weighted by Gasteiger charge is 2.54. The second kappa shape index (κ2) is 8.65. The van der Waals surface area contributed by atoms with Gasteiger partial charge in [-0.15, -0.1) is 0 Å². The monoisotopic (exact) mass is 493 g/mol. The summed E-state index contributed by atoms with van der Waals surface area (Å²) < 4.78 is 33.2. The third-order valence-corrected chi connectivity index (χ3v) is 10.7. The van der Waals surface area contributed by atoms with Crippen molar-refractivity contribution in [1.82, 2.24) is 4.31 Å². The first-order chi connectivity index (χ1) is 15.7. The Morgan fingerprint density at radius 1 is 1.12 bits per heavy atom. The number of carbonyl (C=O) groups is 2. The van der Waals surface area contributed by atoms with Crippen molar-refractivity contribution in [2.24, 2.45) is 29.1 Å². The Hall–Kier alpha value is -1.44. The number of rotatable bonds is 6. The maximum absolute atomic E-state index is 13.2. The van der Waals surface area contributed by atoms with E-state index >= 15 is 0 Å². The van der Waals surface area contributed by atoms with Gasteiger partial charge < -0.3 is 4.74 Å². The lowest BCUT2D eigenvalue weighted by Gasteiger charge is -2.55. The fourth-order valence-electron chi connectivity index (χ4n) is 7.15. The topological polar surface area (TPSA) is 80.8 Å². The lowest BCUT2D eigenvalue weighted by molar-refractivity contribution is -0.147. The molecule has 4 saturated carbocycles. The Morgan fingerprint density at radius 3 is 2.36 bits per heavy atom. The molecule has 4 bridgehead atoms. The minimum atomic E-state index is -3.82. The molecule has 6 nitrogen and oxygen atoms in total. The molecule has 0 spiro atoms. The van der Waals surface area contributed by atoms with E-state index in [0.717, 1.165) is 32.1 Å². The number of ether oxygens (including phenoxy) is 1. The summed E-state index contributed by atoms with van der Waals surface area (Å²) in [5.41, 5.74) is -0.226. The Labute approximate surface area is 201 Å². The van der Waals surface area contributed by atoms with Crippen molar-refractivity contribution in [3.63, 3.8) is 0 Å². The van der Waals surface area contributed by atoms with E-state index in [2.05, 4.69) is 0 Å². The van der Waals surface area contributed by atoms with E-state index in [4.69, 9.17) is 16.3 Å². The number of piperidine rings is 1. The molecule has 0 amide bonds. The summed E-state index contributed by atoms with van der Waals surface area (Å²) in [7, 11) is -3.82. The molecule has 1 atom stereocenters. The van der Waals surface area contributed by atoms with Gasteiger partial charge in [0, 0.05) is 18.5 Å². The SMILES string of the molecule is CC1CCCN(S(=O)(=O)c2cc(C(=O)OCC(=O)C34CC5CC(CC(C5)C3)C4)ccc2Cl)C1.